The fourth-order valence-corrected chi connectivity index (χ4v) is 7.25. The van der Waals surface area contributed by atoms with Gasteiger partial charge in [0.25, 0.3) is 0 Å². The second-order valence-electron chi connectivity index (χ2n) is 9.33. The lowest BCUT2D eigenvalue weighted by Crippen LogP contribution is -2.62. The molecule has 2 fully saturated rings. The lowest BCUT2D eigenvalue weighted by Gasteiger charge is -2.56. The van der Waals surface area contributed by atoms with Gasteiger partial charge in [0, 0.05) is 30.0 Å². The van der Waals surface area contributed by atoms with Gasteiger partial charge in [0.15, 0.2) is 0 Å². The van der Waals surface area contributed by atoms with Crippen LogP contribution in [0, 0.1) is 5.41 Å². The number of hydrogen-bond donors (Lipinski definition) is 2. The lowest BCUT2D eigenvalue weighted by molar-refractivity contribution is -0.138. The van der Waals surface area contributed by atoms with Crippen molar-refractivity contribution < 1.29 is 27.2 Å². The molecule has 3 heterocycles. The average molecular weight is 449 g/mol. The highest BCUT2D eigenvalue weighted by Crippen LogP contribution is 2.65. The summed E-state index contributed by atoms with van der Waals surface area (Å²) in [7, 11) is -2.26. The summed E-state index contributed by atoms with van der Waals surface area (Å²) in [6.45, 7) is 3.58. The molecule has 4 atom stereocenters. The van der Waals surface area contributed by atoms with Gasteiger partial charge >= 0.3 is 16.1 Å². The Balaban J connectivity index is 1.73. The van der Waals surface area contributed by atoms with Crippen molar-refractivity contribution in [2.24, 2.45) is 5.41 Å². The minimum absolute atomic E-state index is 0.146. The number of nitrogens with one attached hydrogen (secondary N) is 1. The number of aliphatic hydroxyl groups is 1. The highest BCUT2D eigenvalue weighted by molar-refractivity contribution is 7.86. The third kappa shape index (κ3) is 2.86. The van der Waals surface area contributed by atoms with E-state index in [1.54, 1.807) is 12.1 Å². The van der Waals surface area contributed by atoms with Gasteiger partial charge in [-0.15, -0.1) is 0 Å². The molecule has 1 aromatic rings. The molecule has 4 aliphatic rings. The molecule has 0 bridgehead atoms. The Morgan fingerprint density at radius 3 is 2.84 bits per heavy atom. The summed E-state index contributed by atoms with van der Waals surface area (Å²) in [6, 6.07) is 5.44. The molecule has 1 aromatic carbocycles. The van der Waals surface area contributed by atoms with Crippen LogP contribution in [0.2, 0.25) is 0 Å². The zero-order valence-corrected chi connectivity index (χ0v) is 18.8. The smallest absolute Gasteiger partial charge is 0.335 e. The van der Waals surface area contributed by atoms with E-state index in [9.17, 15) is 18.3 Å². The Bertz CT molecular complexity index is 1100. The van der Waals surface area contributed by atoms with Gasteiger partial charge in [0.1, 0.15) is 5.75 Å². The number of anilines is 1. The van der Waals surface area contributed by atoms with Crippen molar-refractivity contribution in [1.82, 2.24) is 4.90 Å². The SMILES string of the molecule is CC[C@@]12CC(C(=O)OC)=C3Nc4cc(OS(C)(=O)=O)ccc4C34CCN(C[C@@H](O)C1)[C@H]42. The Morgan fingerprint density at radius 2 is 2.16 bits per heavy atom. The summed E-state index contributed by atoms with van der Waals surface area (Å²) in [5.41, 5.74) is 2.63. The van der Waals surface area contributed by atoms with E-state index in [-0.39, 0.29) is 23.2 Å². The minimum Gasteiger partial charge on any atom is -0.466 e. The molecule has 31 heavy (non-hydrogen) atoms. The van der Waals surface area contributed by atoms with E-state index in [1.165, 1.54) is 7.11 Å². The number of carbonyl (C=O) groups is 1. The molecule has 1 spiro atoms. The maximum absolute atomic E-state index is 12.9. The second-order valence-corrected chi connectivity index (χ2v) is 10.9. The van der Waals surface area contributed by atoms with Gasteiger partial charge in [-0.1, -0.05) is 13.0 Å². The van der Waals surface area contributed by atoms with Crippen molar-refractivity contribution in [3.05, 3.63) is 35.0 Å². The fraction of sp³-hybridized carbons (Fsp3) is 0.591. The van der Waals surface area contributed by atoms with Crippen LogP contribution < -0.4 is 9.50 Å². The number of rotatable bonds is 4. The molecule has 9 heteroatoms. The van der Waals surface area contributed by atoms with Crippen LogP contribution in [0.25, 0.3) is 0 Å². The quantitative estimate of drug-likeness (QED) is 0.530. The molecule has 0 saturated carbocycles. The highest BCUT2D eigenvalue weighted by atomic mass is 32.2. The minimum atomic E-state index is -3.65. The highest BCUT2D eigenvalue weighted by Gasteiger charge is 2.67. The number of methoxy groups -OCH3 is 1. The summed E-state index contributed by atoms with van der Waals surface area (Å²) >= 11 is 0. The van der Waals surface area contributed by atoms with E-state index >= 15 is 0 Å². The number of fused-ring (bicyclic) bond motifs is 1. The Kier molecular flexibility index (Phi) is 4.49. The van der Waals surface area contributed by atoms with Gasteiger partial charge in [-0.2, -0.15) is 8.42 Å². The van der Waals surface area contributed by atoms with Gasteiger partial charge in [0.05, 0.1) is 30.5 Å². The number of carbonyl (C=O) groups excluding carboxylic acids is 1. The maximum Gasteiger partial charge on any atom is 0.335 e. The van der Waals surface area contributed by atoms with Crippen LogP contribution in [0.1, 0.15) is 38.2 Å². The maximum atomic E-state index is 12.9. The second kappa shape index (κ2) is 6.70. The molecule has 1 aliphatic carbocycles. The number of benzene rings is 1. The largest absolute Gasteiger partial charge is 0.466 e. The van der Waals surface area contributed by atoms with Crippen molar-refractivity contribution in [3.63, 3.8) is 0 Å². The van der Waals surface area contributed by atoms with Crippen LogP contribution >= 0.6 is 0 Å². The molecule has 0 radical (unpaired) electrons. The van der Waals surface area contributed by atoms with Crippen molar-refractivity contribution in [2.45, 2.75) is 50.2 Å². The Morgan fingerprint density at radius 1 is 1.39 bits per heavy atom. The molecular weight excluding hydrogens is 420 g/mol. The van der Waals surface area contributed by atoms with Crippen molar-refractivity contribution in [2.75, 3.05) is 31.8 Å². The van der Waals surface area contributed by atoms with Gasteiger partial charge in [-0.05, 0) is 49.3 Å². The van der Waals surface area contributed by atoms with Crippen molar-refractivity contribution in [1.29, 1.82) is 0 Å². The summed E-state index contributed by atoms with van der Waals surface area (Å²) in [4.78, 5) is 15.3. The molecule has 0 aromatic heterocycles. The first-order valence-electron chi connectivity index (χ1n) is 10.7. The van der Waals surface area contributed by atoms with Crippen molar-refractivity contribution >= 4 is 21.8 Å². The standard InChI is InChI=1S/C22H28N2O6S/c1-4-21-10-13(25)12-24-8-7-22(20(21)24)16-6-5-14(30-31(3,27)28)9-17(16)23-18(22)15(11-21)19(26)29-2/h5-6,9,13,20,23,25H,4,7-8,10-12H2,1-3H3/t13-,20-,21-,22?/m0/s1. The van der Waals surface area contributed by atoms with Gasteiger partial charge < -0.3 is 19.3 Å². The summed E-state index contributed by atoms with van der Waals surface area (Å²) < 4.78 is 33.5. The summed E-state index contributed by atoms with van der Waals surface area (Å²) in [5.74, 6) is -0.119. The number of nitrogens with zero attached hydrogens (tertiary/aromatic N) is 1. The van der Waals surface area contributed by atoms with Crippen LogP contribution in [0.5, 0.6) is 5.75 Å². The first kappa shape index (κ1) is 20.8. The molecule has 0 amide bonds. The number of ether oxygens (including phenoxy) is 1. The molecule has 2 N–H and O–H groups in total. The van der Waals surface area contributed by atoms with E-state index in [2.05, 4.69) is 17.1 Å². The average Bonchev–Trinajstić information content (AvgIpc) is 3.24. The Hall–Kier alpha value is -2.10. The number of piperidine rings is 1. The van der Waals surface area contributed by atoms with Gasteiger partial charge in [-0.25, -0.2) is 4.79 Å². The van der Waals surface area contributed by atoms with E-state index in [4.69, 9.17) is 8.92 Å². The van der Waals surface area contributed by atoms with Gasteiger partial charge in [0.2, 0.25) is 0 Å². The molecule has 8 nitrogen and oxygen atoms in total. The van der Waals surface area contributed by atoms with Crippen LogP contribution in [0.15, 0.2) is 29.5 Å². The monoisotopic (exact) mass is 448 g/mol. The summed E-state index contributed by atoms with van der Waals surface area (Å²) in [5, 5.41) is 14.1. The third-order valence-electron chi connectivity index (χ3n) is 7.68. The number of hydrogen-bond acceptors (Lipinski definition) is 8. The predicted octanol–water partition coefficient (Wildman–Crippen LogP) is 1.75. The molecule has 5 rings (SSSR count). The van der Waals surface area contributed by atoms with Crippen LogP contribution in [-0.4, -0.2) is 63.0 Å². The zero-order chi connectivity index (χ0) is 22.2. The molecule has 168 valence electrons. The van der Waals surface area contributed by atoms with Crippen LogP contribution in [0.3, 0.4) is 0 Å². The van der Waals surface area contributed by atoms with E-state index in [0.717, 1.165) is 42.6 Å². The lowest BCUT2D eigenvalue weighted by atomic mass is 9.53. The molecular formula is C22H28N2O6S. The van der Waals surface area contributed by atoms with E-state index in [1.807, 2.05) is 6.07 Å². The molecule has 3 aliphatic heterocycles. The third-order valence-corrected chi connectivity index (χ3v) is 8.18. The van der Waals surface area contributed by atoms with Crippen molar-refractivity contribution in [3.8, 4) is 5.75 Å². The topological polar surface area (TPSA) is 105 Å². The van der Waals surface area contributed by atoms with E-state index in [0.29, 0.717) is 25.0 Å². The summed E-state index contributed by atoms with van der Waals surface area (Å²) in [6.07, 6.45) is 3.43. The van der Waals surface area contributed by atoms with E-state index < -0.39 is 21.6 Å². The number of esters is 1. The van der Waals surface area contributed by atoms with Crippen LogP contribution in [0.4, 0.5) is 5.69 Å². The first-order valence-corrected chi connectivity index (χ1v) is 12.5. The predicted molar refractivity (Wildman–Crippen MR) is 114 cm³/mol. The normalized spacial score (nSPS) is 33.9. The van der Waals surface area contributed by atoms with Crippen LogP contribution in [-0.2, 0) is 25.1 Å². The number of aliphatic hydroxyl groups excluding tert-OH is 1. The Labute approximate surface area is 182 Å². The van der Waals surface area contributed by atoms with Gasteiger partial charge in [-0.3, -0.25) is 4.90 Å². The first-order chi connectivity index (χ1) is 14.6. The zero-order valence-electron chi connectivity index (χ0n) is 18.0. The molecule has 1 unspecified atom stereocenters. The fourth-order valence-electron chi connectivity index (χ4n) is 6.80. The molecule has 2 saturated heterocycles.